The summed E-state index contributed by atoms with van der Waals surface area (Å²) in [6.07, 6.45) is 8.05. The molecule has 0 aromatic heterocycles. The van der Waals surface area contributed by atoms with Gasteiger partial charge in [-0.1, -0.05) is 12.6 Å². The third-order valence-electron chi connectivity index (χ3n) is 4.29. The van der Waals surface area contributed by atoms with Gasteiger partial charge in [-0.25, -0.2) is 0 Å². The summed E-state index contributed by atoms with van der Waals surface area (Å²) in [5, 5.41) is 0. The number of ether oxygens (including phenoxy) is 1. The fourth-order valence-electron chi connectivity index (χ4n) is 4.34. The van der Waals surface area contributed by atoms with Crippen LogP contribution < -0.4 is 51.4 Å². The quantitative estimate of drug-likeness (QED) is 0.416. The van der Waals surface area contributed by atoms with Crippen LogP contribution >= 0.6 is 24.8 Å². The van der Waals surface area contributed by atoms with Crippen molar-refractivity contribution in [2.24, 2.45) is 17.8 Å². The maximum Gasteiger partial charge on any atom is 1.00 e. The Labute approximate surface area is 146 Å². The summed E-state index contributed by atoms with van der Waals surface area (Å²) in [7, 11) is 0. The van der Waals surface area contributed by atoms with Crippen molar-refractivity contribution in [3.05, 3.63) is 0 Å². The average Bonchev–Trinajstić information content (AvgIpc) is 1.96. The first-order chi connectivity index (χ1) is 6.65. The van der Waals surface area contributed by atoms with Crippen molar-refractivity contribution in [2.45, 2.75) is 44.1 Å². The standard InChI is InChI=1S/C11H16OS2.K.H/c13-10(14)12-11-4-7-1-8(5-11)3-9(2-7)6-11;;/h7-9H,1-6H2,(H,13,14);;/q;+1;-1. The first-order valence-electron chi connectivity index (χ1n) is 5.57. The van der Waals surface area contributed by atoms with Crippen molar-refractivity contribution in [1.29, 1.82) is 0 Å². The van der Waals surface area contributed by atoms with Crippen LogP contribution in [0.1, 0.15) is 40.0 Å². The summed E-state index contributed by atoms with van der Waals surface area (Å²) in [6, 6.07) is 0. The van der Waals surface area contributed by atoms with Crippen LogP contribution in [0.3, 0.4) is 0 Å². The molecule has 4 fully saturated rings. The van der Waals surface area contributed by atoms with Crippen molar-refractivity contribution >= 4 is 29.2 Å². The Kier molecular flexibility index (Phi) is 4.32. The van der Waals surface area contributed by atoms with E-state index in [0.717, 1.165) is 17.8 Å². The van der Waals surface area contributed by atoms with Gasteiger partial charge in [0.25, 0.3) is 0 Å². The largest absolute Gasteiger partial charge is 1.00 e. The van der Waals surface area contributed by atoms with Crippen LogP contribution in [0.25, 0.3) is 0 Å². The fraction of sp³-hybridized carbons (Fsp3) is 0.909. The van der Waals surface area contributed by atoms with E-state index in [9.17, 15) is 0 Å². The average molecular weight is 268 g/mol. The van der Waals surface area contributed by atoms with Crippen molar-refractivity contribution in [3.8, 4) is 0 Å². The molecule has 0 aromatic rings. The number of rotatable bonds is 1. The second kappa shape index (κ2) is 4.86. The summed E-state index contributed by atoms with van der Waals surface area (Å²) >= 11 is 9.10. The molecule has 0 aromatic carbocycles. The van der Waals surface area contributed by atoms with E-state index in [1.165, 1.54) is 38.5 Å². The minimum atomic E-state index is 0. The molecule has 0 spiro atoms. The fourth-order valence-corrected chi connectivity index (χ4v) is 4.71. The van der Waals surface area contributed by atoms with Crippen molar-refractivity contribution in [2.75, 3.05) is 0 Å². The summed E-state index contributed by atoms with van der Waals surface area (Å²) in [5.74, 6) is 2.76. The zero-order valence-corrected chi connectivity index (χ0v) is 14.1. The van der Waals surface area contributed by atoms with Crippen LogP contribution in [-0.4, -0.2) is 9.98 Å². The van der Waals surface area contributed by atoms with Crippen molar-refractivity contribution in [3.63, 3.8) is 0 Å². The van der Waals surface area contributed by atoms with Gasteiger partial charge in [-0.3, -0.25) is 0 Å². The maximum atomic E-state index is 5.85. The molecule has 4 bridgehead atoms. The van der Waals surface area contributed by atoms with Gasteiger partial charge in [0.15, 0.2) is 0 Å². The molecule has 0 N–H and O–H groups in total. The van der Waals surface area contributed by atoms with Crippen molar-refractivity contribution in [1.82, 2.24) is 0 Å². The van der Waals surface area contributed by atoms with E-state index in [4.69, 9.17) is 17.0 Å². The molecule has 4 aliphatic rings. The van der Waals surface area contributed by atoms with Gasteiger partial charge in [0.2, 0.25) is 4.38 Å². The van der Waals surface area contributed by atoms with Crippen LogP contribution in [0.5, 0.6) is 0 Å². The maximum absolute atomic E-state index is 5.85. The van der Waals surface area contributed by atoms with E-state index < -0.39 is 0 Å². The molecule has 15 heavy (non-hydrogen) atoms. The van der Waals surface area contributed by atoms with E-state index in [1.54, 1.807) is 0 Å². The van der Waals surface area contributed by atoms with Gasteiger partial charge in [0.05, 0.1) is 0 Å². The van der Waals surface area contributed by atoms with Gasteiger partial charge in [-0.2, -0.15) is 0 Å². The molecule has 0 unspecified atom stereocenters. The Morgan fingerprint density at radius 3 is 1.87 bits per heavy atom. The monoisotopic (exact) mass is 268 g/mol. The molecule has 4 saturated carbocycles. The number of hydrogen-bond acceptors (Lipinski definition) is 2. The third kappa shape index (κ3) is 2.66. The van der Waals surface area contributed by atoms with E-state index in [0.29, 0.717) is 4.38 Å². The predicted molar refractivity (Wildman–Crippen MR) is 64.7 cm³/mol. The molecule has 0 atom stereocenters. The number of thiocarbonyl (C=S) groups is 1. The molecule has 80 valence electrons. The molecule has 4 rings (SSSR count). The van der Waals surface area contributed by atoms with Gasteiger partial charge >= 0.3 is 51.4 Å². The minimum Gasteiger partial charge on any atom is -1.00 e. The molecule has 0 amide bonds. The van der Waals surface area contributed by atoms with Gasteiger partial charge in [-0.05, 0) is 68.5 Å². The Morgan fingerprint density at radius 1 is 1.13 bits per heavy atom. The van der Waals surface area contributed by atoms with Gasteiger partial charge < -0.3 is 6.16 Å². The van der Waals surface area contributed by atoms with Crippen LogP contribution in [-0.2, 0) is 4.74 Å². The van der Waals surface area contributed by atoms with E-state index in [1.807, 2.05) is 0 Å². The van der Waals surface area contributed by atoms with Crippen LogP contribution in [0.15, 0.2) is 0 Å². The van der Waals surface area contributed by atoms with Crippen LogP contribution in [0.2, 0.25) is 0 Å². The number of hydrogen-bond donors (Lipinski definition) is 1. The normalized spacial score (nSPS) is 46.1. The number of thiol groups is 1. The van der Waals surface area contributed by atoms with Gasteiger partial charge in [0, 0.05) is 0 Å². The van der Waals surface area contributed by atoms with Gasteiger partial charge in [0.1, 0.15) is 5.60 Å². The Hall–Kier alpha value is 1.88. The van der Waals surface area contributed by atoms with E-state index in [-0.39, 0.29) is 58.4 Å². The molecule has 0 aliphatic heterocycles. The second-order valence-electron chi connectivity index (χ2n) is 5.47. The Morgan fingerprint density at radius 2 is 1.53 bits per heavy atom. The molecule has 1 nitrogen and oxygen atoms in total. The van der Waals surface area contributed by atoms with Gasteiger partial charge in [-0.15, -0.1) is 0 Å². The predicted octanol–water partition coefficient (Wildman–Crippen LogP) is 0.303. The SMILES string of the molecule is S=C(S)OC12CC3CC(CC(C3)C1)C2.[H-].[K+]. The summed E-state index contributed by atoms with van der Waals surface area (Å²) in [4.78, 5) is 0. The smallest absolute Gasteiger partial charge is 1.00 e. The molecular formula is C11H17KOS2. The third-order valence-corrected chi connectivity index (χ3v) is 4.46. The summed E-state index contributed by atoms with van der Waals surface area (Å²) in [6.45, 7) is 0. The first-order valence-corrected chi connectivity index (χ1v) is 6.43. The zero-order valence-electron chi connectivity index (χ0n) is 10.2. The molecule has 4 heteroatoms. The first kappa shape index (κ1) is 13.3. The Bertz CT molecular complexity index is 250. The molecule has 0 radical (unpaired) electrons. The van der Waals surface area contributed by atoms with Crippen LogP contribution in [0, 0.1) is 17.8 Å². The molecule has 0 heterocycles. The van der Waals surface area contributed by atoms with E-state index >= 15 is 0 Å². The Balaban J connectivity index is 0.000000640. The van der Waals surface area contributed by atoms with Crippen LogP contribution in [0.4, 0.5) is 0 Å². The zero-order chi connectivity index (χ0) is 9.76. The molecule has 4 aliphatic carbocycles. The second-order valence-corrected chi connectivity index (χ2v) is 6.55. The molecule has 0 saturated heterocycles. The topological polar surface area (TPSA) is 9.23 Å². The van der Waals surface area contributed by atoms with Crippen molar-refractivity contribution < 1.29 is 57.5 Å². The summed E-state index contributed by atoms with van der Waals surface area (Å²) < 4.78 is 6.30. The minimum absolute atomic E-state index is 0. The van der Waals surface area contributed by atoms with E-state index in [2.05, 4.69) is 12.6 Å². The summed E-state index contributed by atoms with van der Waals surface area (Å²) in [5.41, 5.74) is 0.105. The molecular weight excluding hydrogens is 251 g/mol.